The molecule has 8 rings (SSSR count). The number of aryl methyl sites for hydroxylation is 1. The minimum atomic E-state index is -4.08. The molecule has 322 valence electrons. The summed E-state index contributed by atoms with van der Waals surface area (Å²) >= 11 is 0. The monoisotopic (exact) mass is 844 g/mol. The predicted octanol–water partition coefficient (Wildman–Crippen LogP) is 4.41. The third-order valence-electron chi connectivity index (χ3n) is 13.2. The van der Waals surface area contributed by atoms with Gasteiger partial charge in [0.1, 0.15) is 41.3 Å². The average molecular weight is 845 g/mol. The lowest BCUT2D eigenvalue weighted by Crippen LogP contribution is -2.60. The largest absolute Gasteiger partial charge is 0.497 e. The highest BCUT2D eigenvalue weighted by Crippen LogP contribution is 2.58. The lowest BCUT2D eigenvalue weighted by molar-refractivity contribution is -0.143. The maximum absolute atomic E-state index is 14.8. The van der Waals surface area contributed by atoms with E-state index in [4.69, 9.17) is 24.2 Å². The number of alkyl carbamates (subject to hydrolysis) is 1. The number of rotatable bonds is 8. The number of amides is 4. The molecule has 6 aliphatic rings. The van der Waals surface area contributed by atoms with E-state index in [-0.39, 0.29) is 37.3 Å². The number of nitrogens with one attached hydrogen (secondary N) is 3. The summed E-state index contributed by atoms with van der Waals surface area (Å²) in [5, 5.41) is 4.68. The Morgan fingerprint density at radius 3 is 2.53 bits per heavy atom. The highest BCUT2D eigenvalue weighted by molar-refractivity contribution is 7.91. The van der Waals surface area contributed by atoms with E-state index in [1.165, 1.54) is 4.90 Å². The van der Waals surface area contributed by atoms with E-state index in [1.54, 1.807) is 40.0 Å². The van der Waals surface area contributed by atoms with Gasteiger partial charge in [0.05, 0.1) is 29.9 Å². The van der Waals surface area contributed by atoms with Gasteiger partial charge in [-0.1, -0.05) is 33.6 Å². The van der Waals surface area contributed by atoms with Crippen LogP contribution < -0.4 is 24.8 Å². The van der Waals surface area contributed by atoms with Gasteiger partial charge in [-0.3, -0.25) is 19.1 Å². The molecule has 3 N–H and O–H groups in total. The molecule has 0 unspecified atom stereocenters. The van der Waals surface area contributed by atoms with Gasteiger partial charge >= 0.3 is 6.09 Å². The fourth-order valence-corrected chi connectivity index (χ4v) is 10.9. The van der Waals surface area contributed by atoms with Gasteiger partial charge in [-0.15, -0.1) is 0 Å². The molecule has 1 aromatic carbocycles. The molecular formula is C41H54F2N6O9S. The molecule has 9 atom stereocenters. The second-order valence-corrected chi connectivity index (χ2v) is 20.5. The zero-order chi connectivity index (χ0) is 42.0. The number of aromatic nitrogens is 2. The third-order valence-corrected chi connectivity index (χ3v) is 15.0. The molecule has 1 aromatic heterocycles. The number of hydrogen-bond acceptors (Lipinski definition) is 11. The Morgan fingerprint density at radius 2 is 1.81 bits per heavy atom. The van der Waals surface area contributed by atoms with Gasteiger partial charge in [0.2, 0.25) is 34.1 Å². The molecule has 2 bridgehead atoms. The van der Waals surface area contributed by atoms with Crippen LogP contribution in [0.5, 0.6) is 11.6 Å². The van der Waals surface area contributed by atoms with Crippen LogP contribution in [-0.2, 0) is 35.6 Å². The quantitative estimate of drug-likeness (QED) is 0.341. The Kier molecular flexibility index (Phi) is 10.9. The molecule has 1 saturated heterocycles. The van der Waals surface area contributed by atoms with Crippen LogP contribution in [0.3, 0.4) is 0 Å². The number of carbonyl (C=O) groups is 4. The van der Waals surface area contributed by atoms with Gasteiger partial charge in [-0.2, -0.15) is 0 Å². The van der Waals surface area contributed by atoms with E-state index < -0.39 is 87.0 Å². The maximum atomic E-state index is 14.8. The van der Waals surface area contributed by atoms with E-state index in [0.29, 0.717) is 53.6 Å². The number of sulfonamides is 1. The van der Waals surface area contributed by atoms with Crippen molar-refractivity contribution >= 4 is 44.9 Å². The first kappa shape index (κ1) is 41.4. The molecule has 59 heavy (non-hydrogen) atoms. The molecule has 4 saturated carbocycles. The first-order valence-electron chi connectivity index (χ1n) is 20.9. The van der Waals surface area contributed by atoms with Crippen molar-refractivity contribution in [2.24, 2.45) is 29.1 Å². The topological polar surface area (TPSA) is 195 Å². The normalized spacial score (nSPS) is 32.4. The van der Waals surface area contributed by atoms with Gasteiger partial charge in [0.15, 0.2) is 0 Å². The van der Waals surface area contributed by atoms with Crippen LogP contribution in [0.2, 0.25) is 0 Å². The smallest absolute Gasteiger partial charge is 0.408 e. The van der Waals surface area contributed by atoms with Crippen molar-refractivity contribution in [1.29, 1.82) is 0 Å². The summed E-state index contributed by atoms with van der Waals surface area (Å²) in [6, 6.07) is 2.87. The van der Waals surface area contributed by atoms with E-state index in [0.717, 1.165) is 38.5 Å². The molecule has 2 aromatic rings. The molecule has 5 fully saturated rings. The Bertz CT molecular complexity index is 2120. The van der Waals surface area contributed by atoms with Crippen molar-refractivity contribution in [1.82, 2.24) is 30.2 Å². The summed E-state index contributed by atoms with van der Waals surface area (Å²) in [4.78, 5) is 67.6. The second kappa shape index (κ2) is 15.6. The van der Waals surface area contributed by atoms with Gasteiger partial charge in [-0.25, -0.2) is 32.0 Å². The number of halogens is 2. The van der Waals surface area contributed by atoms with Gasteiger partial charge in [0.25, 0.3) is 5.91 Å². The highest BCUT2D eigenvalue weighted by atomic mass is 32.2. The zero-order valence-electron chi connectivity index (χ0n) is 33.9. The number of hydrogen-bond donors (Lipinski definition) is 3. The molecule has 15 nitrogen and oxygen atoms in total. The number of benzene rings is 1. The van der Waals surface area contributed by atoms with Crippen LogP contribution in [0, 0.1) is 29.1 Å². The summed E-state index contributed by atoms with van der Waals surface area (Å²) in [6.45, 7) is 5.19. The van der Waals surface area contributed by atoms with Crippen molar-refractivity contribution < 1.29 is 50.6 Å². The molecule has 3 heterocycles. The van der Waals surface area contributed by atoms with Crippen molar-refractivity contribution in [3.63, 3.8) is 0 Å². The van der Waals surface area contributed by atoms with E-state index in [9.17, 15) is 36.4 Å². The number of carbonyl (C=O) groups excluding carboxylic acids is 4. The van der Waals surface area contributed by atoms with Crippen LogP contribution in [0.1, 0.15) is 97.1 Å². The molecule has 0 spiro atoms. The van der Waals surface area contributed by atoms with E-state index >= 15 is 0 Å². The van der Waals surface area contributed by atoms with Gasteiger partial charge < -0.3 is 29.7 Å². The Morgan fingerprint density at radius 1 is 1.03 bits per heavy atom. The third kappa shape index (κ3) is 8.65. The molecule has 4 aliphatic carbocycles. The number of alkyl halides is 2. The summed E-state index contributed by atoms with van der Waals surface area (Å²) in [7, 11) is -2.53. The van der Waals surface area contributed by atoms with Crippen LogP contribution in [-0.4, -0.2) is 102 Å². The minimum absolute atomic E-state index is 0.0970. The van der Waals surface area contributed by atoms with Crippen molar-refractivity contribution in [3.05, 3.63) is 23.9 Å². The Hall–Kier alpha value is -4.35. The lowest BCUT2D eigenvalue weighted by Gasteiger charge is -2.36. The molecule has 2 aliphatic heterocycles. The van der Waals surface area contributed by atoms with E-state index in [1.807, 2.05) is 10.8 Å². The number of nitrogens with zero attached hydrogens (tertiary/aromatic N) is 3. The zero-order valence-corrected chi connectivity index (χ0v) is 34.7. The van der Waals surface area contributed by atoms with Crippen LogP contribution >= 0.6 is 0 Å². The summed E-state index contributed by atoms with van der Waals surface area (Å²) in [5.74, 6) is -1.55. The molecule has 4 amide bonds. The van der Waals surface area contributed by atoms with Crippen molar-refractivity contribution in [3.8, 4) is 11.6 Å². The first-order chi connectivity index (χ1) is 28.0. The fourth-order valence-electron chi connectivity index (χ4n) is 9.58. The minimum Gasteiger partial charge on any atom is -0.497 e. The van der Waals surface area contributed by atoms with E-state index in [2.05, 4.69) is 10.6 Å². The van der Waals surface area contributed by atoms with Crippen molar-refractivity contribution in [2.75, 3.05) is 13.7 Å². The van der Waals surface area contributed by atoms with Crippen molar-refractivity contribution in [2.45, 2.75) is 139 Å². The summed E-state index contributed by atoms with van der Waals surface area (Å²) in [5.41, 5.74) is -1.05. The molecule has 18 heteroatoms. The number of fused-ring (bicyclic) bond motifs is 7. The van der Waals surface area contributed by atoms with Gasteiger partial charge in [0, 0.05) is 18.9 Å². The van der Waals surface area contributed by atoms with Crippen LogP contribution in [0.25, 0.3) is 11.0 Å². The number of methoxy groups -OCH3 is 1. The molecule has 0 radical (unpaired) electrons. The SMILES string of the molecule is COc1ccc2nc3c(nc2c1)O[C@@H]1C[C@@H](C(=O)N[C@]2(C(=O)NS(=O)(=O)C4CC4)C[C@H]2CC(F)F)N(C1)C(=O)[C@H](C(C)(C)C)NC(=O)O[C@@H]1C[C@@H]2C[C@@H]2[C@H]1CCCCC3. The summed E-state index contributed by atoms with van der Waals surface area (Å²) < 4.78 is 73.1. The Labute approximate surface area is 342 Å². The fraction of sp³-hybridized carbons (Fsp3) is 0.707. The highest BCUT2D eigenvalue weighted by Gasteiger charge is 2.64. The summed E-state index contributed by atoms with van der Waals surface area (Å²) in [6.07, 6.45) is 0.972. The maximum Gasteiger partial charge on any atom is 0.408 e. The number of ether oxygens (including phenoxy) is 3. The predicted molar refractivity (Wildman–Crippen MR) is 209 cm³/mol. The Balaban J connectivity index is 1.13. The second-order valence-electron chi connectivity index (χ2n) is 18.5. The first-order valence-corrected chi connectivity index (χ1v) is 22.5. The van der Waals surface area contributed by atoms with Gasteiger partial charge in [-0.05, 0) is 92.6 Å². The lowest BCUT2D eigenvalue weighted by atomic mass is 9.85. The van der Waals surface area contributed by atoms with Crippen LogP contribution in [0.15, 0.2) is 18.2 Å². The van der Waals surface area contributed by atoms with Crippen LogP contribution in [0.4, 0.5) is 13.6 Å². The average Bonchev–Trinajstić information content (AvgIpc) is 4.12. The molecular weight excluding hydrogens is 791 g/mol. The standard InChI is InChI=1S/C41H54F2N6O9S/c1-40(2,3)34-37(51)49-20-24(18-31(49)35(50)47-41(19-22(41)16-33(42)43)38(52)48-59(54,55)25-11-12-25)57-36-29(44-28-13-10-23(56-4)17-30(28)45-36)9-7-5-6-8-26-27-14-21(27)15-32(26)58-39(53)46-34/h10,13,17,21-22,24-27,31-34H,5-9,11-12,14-16,18-20H2,1-4H3,(H,46,53)(H,47,50)(H,48,52)/t21-,22+,24+,26+,27-,31-,32+,34+,41+/m0/s1.